The number of nitrogens with zero attached hydrogens (tertiary/aromatic N) is 1. The molecule has 0 aliphatic rings. The third-order valence-corrected chi connectivity index (χ3v) is 5.36. The van der Waals surface area contributed by atoms with Crippen LogP contribution in [0.2, 0.25) is 0 Å². The van der Waals surface area contributed by atoms with Crippen molar-refractivity contribution in [1.29, 1.82) is 0 Å². The van der Waals surface area contributed by atoms with E-state index in [-0.39, 0.29) is 11.8 Å². The Kier molecular flexibility index (Phi) is 5.42. The molecule has 7 heteroatoms. The molecule has 0 bridgehead atoms. The van der Waals surface area contributed by atoms with Crippen molar-refractivity contribution in [3.05, 3.63) is 56.7 Å². The number of aromatic nitrogens is 1. The summed E-state index contributed by atoms with van der Waals surface area (Å²) in [6.07, 6.45) is 0. The van der Waals surface area contributed by atoms with E-state index in [0.717, 1.165) is 14.6 Å². The third kappa shape index (κ3) is 3.41. The molecule has 2 amide bonds. The van der Waals surface area contributed by atoms with Crippen molar-refractivity contribution in [3.63, 3.8) is 0 Å². The van der Waals surface area contributed by atoms with Crippen molar-refractivity contribution in [3.8, 4) is 0 Å². The lowest BCUT2D eigenvalue weighted by Crippen LogP contribution is -2.39. The minimum atomic E-state index is -0.744. The van der Waals surface area contributed by atoms with Crippen molar-refractivity contribution < 1.29 is 9.59 Å². The predicted molar refractivity (Wildman–Crippen MR) is 91.5 cm³/mol. The lowest BCUT2D eigenvalue weighted by atomic mass is 10.1. The fourth-order valence-corrected chi connectivity index (χ4v) is 2.84. The molecule has 1 unspecified atom stereocenters. The monoisotopic (exact) mass is 427 g/mol. The summed E-state index contributed by atoms with van der Waals surface area (Å²) in [7, 11) is 3.31. The maximum absolute atomic E-state index is 12.5. The quantitative estimate of drug-likeness (QED) is 0.786. The summed E-state index contributed by atoms with van der Waals surface area (Å²) >= 11 is 6.74. The Morgan fingerprint density at radius 3 is 2.32 bits per heavy atom. The maximum atomic E-state index is 12.5. The zero-order chi connectivity index (χ0) is 16.3. The van der Waals surface area contributed by atoms with Gasteiger partial charge in [0.25, 0.3) is 5.91 Å². The normalized spacial score (nSPS) is 11.8. The highest BCUT2D eigenvalue weighted by Crippen LogP contribution is 2.26. The molecular weight excluding hydrogens is 414 g/mol. The van der Waals surface area contributed by atoms with Crippen LogP contribution in [0.3, 0.4) is 0 Å². The molecule has 2 aromatic rings. The molecule has 116 valence electrons. The lowest BCUT2D eigenvalue weighted by Gasteiger charge is -2.18. The molecule has 0 aliphatic heterocycles. The standard InChI is InChI=1S/C15H15Br2N3O2/c1-18-15(22)12(9-6-4-3-5-7-9)19-14(21)11-8-10(16)13(17)20(11)2/h3-8,12H,1-2H3,(H,18,22)(H,19,21). The summed E-state index contributed by atoms with van der Waals surface area (Å²) in [5.41, 5.74) is 1.17. The van der Waals surface area contributed by atoms with Gasteiger partial charge < -0.3 is 15.2 Å². The van der Waals surface area contributed by atoms with Gasteiger partial charge in [-0.2, -0.15) is 0 Å². The smallest absolute Gasteiger partial charge is 0.268 e. The lowest BCUT2D eigenvalue weighted by molar-refractivity contribution is -0.122. The average Bonchev–Trinajstić information content (AvgIpc) is 2.80. The molecular formula is C15H15Br2N3O2. The first-order chi connectivity index (χ1) is 10.5. The number of benzene rings is 1. The van der Waals surface area contributed by atoms with Gasteiger partial charge in [-0.25, -0.2) is 0 Å². The Morgan fingerprint density at radius 2 is 1.82 bits per heavy atom. The Balaban J connectivity index is 2.29. The van der Waals surface area contributed by atoms with Gasteiger partial charge in [-0.05, 0) is 43.5 Å². The first kappa shape index (κ1) is 16.8. The number of amides is 2. The van der Waals surface area contributed by atoms with Crippen LogP contribution in [0.4, 0.5) is 0 Å². The molecule has 2 N–H and O–H groups in total. The van der Waals surface area contributed by atoms with Crippen molar-refractivity contribution in [2.24, 2.45) is 7.05 Å². The van der Waals surface area contributed by atoms with Gasteiger partial charge >= 0.3 is 0 Å². The third-order valence-electron chi connectivity index (χ3n) is 3.27. The Morgan fingerprint density at radius 1 is 1.18 bits per heavy atom. The molecule has 0 aliphatic carbocycles. The van der Waals surface area contributed by atoms with Crippen LogP contribution in [0.1, 0.15) is 22.1 Å². The van der Waals surface area contributed by atoms with Crippen LogP contribution in [0.15, 0.2) is 45.5 Å². The molecule has 1 heterocycles. The van der Waals surface area contributed by atoms with Gasteiger partial charge in [0.15, 0.2) is 0 Å². The van der Waals surface area contributed by atoms with Gasteiger partial charge in [0.1, 0.15) is 11.7 Å². The minimum absolute atomic E-state index is 0.271. The fourth-order valence-electron chi connectivity index (χ4n) is 2.06. The summed E-state index contributed by atoms with van der Waals surface area (Å²) in [6, 6.07) is 10.1. The van der Waals surface area contributed by atoms with Crippen LogP contribution in [-0.2, 0) is 11.8 Å². The van der Waals surface area contributed by atoms with Gasteiger partial charge in [0, 0.05) is 14.1 Å². The van der Waals surface area contributed by atoms with Gasteiger partial charge in [-0.3, -0.25) is 9.59 Å². The van der Waals surface area contributed by atoms with Crippen LogP contribution in [0.25, 0.3) is 0 Å². The second-order valence-electron chi connectivity index (χ2n) is 4.66. The number of carbonyl (C=O) groups is 2. The van der Waals surface area contributed by atoms with Crippen LogP contribution < -0.4 is 10.6 Å². The first-order valence-corrected chi connectivity index (χ1v) is 8.12. The first-order valence-electron chi connectivity index (χ1n) is 6.53. The summed E-state index contributed by atoms with van der Waals surface area (Å²) in [4.78, 5) is 24.6. The topological polar surface area (TPSA) is 63.1 Å². The molecule has 0 radical (unpaired) electrons. The molecule has 5 nitrogen and oxygen atoms in total. The second kappa shape index (κ2) is 7.11. The molecule has 0 saturated carbocycles. The van der Waals surface area contributed by atoms with Gasteiger partial charge in [0.2, 0.25) is 5.91 Å². The van der Waals surface area contributed by atoms with Crippen molar-refractivity contribution >= 4 is 43.7 Å². The van der Waals surface area contributed by atoms with E-state index < -0.39 is 6.04 Å². The number of halogens is 2. The fraction of sp³-hybridized carbons (Fsp3) is 0.200. The molecule has 1 atom stereocenters. The Labute approximate surface area is 145 Å². The maximum Gasteiger partial charge on any atom is 0.268 e. The Bertz CT molecular complexity index is 698. The zero-order valence-electron chi connectivity index (χ0n) is 12.1. The summed E-state index contributed by atoms with van der Waals surface area (Å²) < 4.78 is 3.23. The second-order valence-corrected chi connectivity index (χ2v) is 6.26. The van der Waals surface area contributed by atoms with E-state index in [1.165, 1.54) is 0 Å². The highest BCUT2D eigenvalue weighted by Gasteiger charge is 2.24. The highest BCUT2D eigenvalue weighted by molar-refractivity contribution is 9.13. The van der Waals surface area contributed by atoms with Crippen LogP contribution >= 0.6 is 31.9 Å². The van der Waals surface area contributed by atoms with Crippen molar-refractivity contribution in [2.45, 2.75) is 6.04 Å². The summed E-state index contributed by atoms with van der Waals surface area (Å²) in [5, 5.41) is 5.34. The predicted octanol–water partition coefficient (Wildman–Crippen LogP) is 2.77. The van der Waals surface area contributed by atoms with Crippen molar-refractivity contribution in [1.82, 2.24) is 15.2 Å². The van der Waals surface area contributed by atoms with E-state index in [0.29, 0.717) is 5.69 Å². The summed E-state index contributed by atoms with van der Waals surface area (Å²) in [6.45, 7) is 0. The highest BCUT2D eigenvalue weighted by atomic mass is 79.9. The molecule has 0 saturated heterocycles. The minimum Gasteiger partial charge on any atom is -0.357 e. The molecule has 1 aromatic carbocycles. The number of nitrogens with one attached hydrogen (secondary N) is 2. The van der Waals surface area contributed by atoms with E-state index >= 15 is 0 Å². The van der Waals surface area contributed by atoms with E-state index in [2.05, 4.69) is 42.5 Å². The number of rotatable bonds is 4. The number of likely N-dealkylation sites (N-methyl/N-ethyl adjacent to an activating group) is 1. The number of hydrogen-bond donors (Lipinski definition) is 2. The van der Waals surface area contributed by atoms with E-state index in [9.17, 15) is 9.59 Å². The zero-order valence-corrected chi connectivity index (χ0v) is 15.2. The molecule has 2 rings (SSSR count). The van der Waals surface area contributed by atoms with Crippen molar-refractivity contribution in [2.75, 3.05) is 7.05 Å². The number of carbonyl (C=O) groups excluding carboxylic acids is 2. The molecule has 22 heavy (non-hydrogen) atoms. The van der Waals surface area contributed by atoms with E-state index in [4.69, 9.17) is 0 Å². The molecule has 0 spiro atoms. The van der Waals surface area contributed by atoms with Crippen LogP contribution in [0, 0.1) is 0 Å². The van der Waals surface area contributed by atoms with Gasteiger partial charge in [-0.1, -0.05) is 30.3 Å². The van der Waals surface area contributed by atoms with Crippen LogP contribution in [0.5, 0.6) is 0 Å². The van der Waals surface area contributed by atoms with Gasteiger partial charge in [-0.15, -0.1) is 0 Å². The van der Waals surface area contributed by atoms with Gasteiger partial charge in [0.05, 0.1) is 9.08 Å². The average molecular weight is 429 g/mol. The molecule has 1 aromatic heterocycles. The van der Waals surface area contributed by atoms with Crippen LogP contribution in [-0.4, -0.2) is 23.4 Å². The largest absolute Gasteiger partial charge is 0.357 e. The SMILES string of the molecule is CNC(=O)C(NC(=O)c1cc(Br)c(Br)n1C)c1ccccc1. The number of hydrogen-bond acceptors (Lipinski definition) is 2. The molecule has 0 fully saturated rings. The Hall–Kier alpha value is -1.60. The van der Waals surface area contributed by atoms with E-state index in [1.54, 1.807) is 36.9 Å². The summed E-state index contributed by atoms with van der Waals surface area (Å²) in [5.74, 6) is -0.599. The van der Waals surface area contributed by atoms with E-state index in [1.807, 2.05) is 18.2 Å².